The zero-order valence-electron chi connectivity index (χ0n) is 26.5. The fraction of sp³-hybridized carbons (Fsp3) is 0.405. The predicted molar refractivity (Wildman–Crippen MR) is 179 cm³/mol. The summed E-state index contributed by atoms with van der Waals surface area (Å²) in [5, 5.41) is 24.7. The number of hydrogen-bond donors (Lipinski definition) is 4. The molecule has 0 amide bonds. The van der Waals surface area contributed by atoms with Gasteiger partial charge in [0.2, 0.25) is 5.56 Å². The molecule has 5 rings (SSSR count). The Balaban J connectivity index is 1.06. The van der Waals surface area contributed by atoms with Crippen LogP contribution in [0.15, 0.2) is 83.7 Å². The maximum Gasteiger partial charge on any atom is 0.317 e. The number of nitrogens with zero attached hydrogens (tertiary/aromatic N) is 1. The van der Waals surface area contributed by atoms with E-state index in [0.717, 1.165) is 68.6 Å². The Kier molecular flexibility index (Phi) is 11.8. The van der Waals surface area contributed by atoms with Crippen LogP contribution >= 0.6 is 0 Å². The van der Waals surface area contributed by atoms with Crippen molar-refractivity contribution in [1.29, 1.82) is 0 Å². The molecule has 0 spiro atoms. The van der Waals surface area contributed by atoms with Gasteiger partial charge in [-0.15, -0.1) is 0 Å². The Bertz CT molecular complexity index is 1620. The average molecular weight is 628 g/mol. The molecule has 2 atom stereocenters. The van der Waals surface area contributed by atoms with E-state index in [-0.39, 0.29) is 17.3 Å². The first-order valence-electron chi connectivity index (χ1n) is 16.3. The van der Waals surface area contributed by atoms with Crippen LogP contribution in [0.3, 0.4) is 0 Å². The lowest BCUT2D eigenvalue weighted by atomic mass is 9.91. The van der Waals surface area contributed by atoms with Crippen molar-refractivity contribution in [2.75, 3.05) is 46.4 Å². The van der Waals surface area contributed by atoms with E-state index >= 15 is 0 Å². The third kappa shape index (κ3) is 8.96. The van der Waals surface area contributed by atoms with Gasteiger partial charge in [0.1, 0.15) is 17.4 Å². The number of phenolic OH excluding ortho intramolecular Hbond substituents is 1. The molecule has 244 valence electrons. The molecule has 9 nitrogen and oxygen atoms in total. The van der Waals surface area contributed by atoms with Gasteiger partial charge in [-0.2, -0.15) is 0 Å². The van der Waals surface area contributed by atoms with Gasteiger partial charge in [0.25, 0.3) is 0 Å². The number of pyridine rings is 1. The van der Waals surface area contributed by atoms with Gasteiger partial charge in [0, 0.05) is 18.0 Å². The summed E-state index contributed by atoms with van der Waals surface area (Å²) in [7, 11) is 2.13. The summed E-state index contributed by atoms with van der Waals surface area (Å²) in [6.07, 6.45) is 4.03. The first-order valence-corrected chi connectivity index (χ1v) is 16.3. The van der Waals surface area contributed by atoms with Crippen LogP contribution in [0, 0.1) is 5.92 Å². The van der Waals surface area contributed by atoms with Crippen LogP contribution < -0.4 is 15.6 Å². The van der Waals surface area contributed by atoms with Crippen molar-refractivity contribution in [3.05, 3.63) is 106 Å². The first kappa shape index (κ1) is 33.2. The van der Waals surface area contributed by atoms with Crippen LogP contribution in [-0.4, -0.2) is 72.5 Å². The zero-order valence-corrected chi connectivity index (χ0v) is 26.5. The largest absolute Gasteiger partial charge is 0.506 e. The maximum absolute atomic E-state index is 13.4. The van der Waals surface area contributed by atoms with Crippen molar-refractivity contribution in [2.45, 2.75) is 44.1 Å². The standard InChI is InChI=1S/C37H45N3O6/c1-40-20-17-26(18-21-40)25-46-37(44)35(27-9-4-2-5-10-27)28-11-8-12-29(23-28)45-22-7-3-6-19-38-24-33(42)30-13-15-32(41)36-31(30)14-16-34(43)39-36/h2,4-5,8-16,23,26,33,35,38,41-42H,3,6-7,17-22,24-25H2,1H3,(H,39,43)/t33-,35?/m0/s1. The Morgan fingerprint density at radius 2 is 1.76 bits per heavy atom. The minimum Gasteiger partial charge on any atom is -0.506 e. The van der Waals surface area contributed by atoms with E-state index in [0.29, 0.717) is 42.1 Å². The second-order valence-corrected chi connectivity index (χ2v) is 12.2. The normalized spacial score (nSPS) is 15.4. The van der Waals surface area contributed by atoms with Crippen LogP contribution in [-0.2, 0) is 9.53 Å². The Labute approximate surface area is 270 Å². The number of aromatic nitrogens is 1. The number of ether oxygens (including phenoxy) is 2. The molecule has 1 aliphatic heterocycles. The quantitative estimate of drug-likeness (QED) is 0.106. The highest BCUT2D eigenvalue weighted by Gasteiger charge is 2.26. The van der Waals surface area contributed by atoms with Gasteiger partial charge in [0.05, 0.1) is 24.8 Å². The molecule has 1 fully saturated rings. The summed E-state index contributed by atoms with van der Waals surface area (Å²) < 4.78 is 12.0. The maximum atomic E-state index is 13.4. The number of nitrogens with one attached hydrogen (secondary N) is 2. The summed E-state index contributed by atoms with van der Waals surface area (Å²) in [4.78, 5) is 30.0. The van der Waals surface area contributed by atoms with Gasteiger partial charge in [-0.25, -0.2) is 0 Å². The number of aromatic hydroxyl groups is 1. The number of piperidine rings is 1. The number of aliphatic hydroxyl groups is 1. The molecule has 1 aromatic heterocycles. The van der Waals surface area contributed by atoms with E-state index in [2.05, 4.69) is 22.2 Å². The summed E-state index contributed by atoms with van der Waals surface area (Å²) in [5.74, 6) is 0.361. The van der Waals surface area contributed by atoms with E-state index in [9.17, 15) is 19.8 Å². The third-order valence-electron chi connectivity index (χ3n) is 8.73. The number of fused-ring (bicyclic) bond motifs is 1. The second kappa shape index (κ2) is 16.4. The first-order chi connectivity index (χ1) is 22.4. The molecule has 0 aliphatic carbocycles. The second-order valence-electron chi connectivity index (χ2n) is 12.2. The van der Waals surface area contributed by atoms with Gasteiger partial charge in [-0.1, -0.05) is 48.5 Å². The molecule has 2 heterocycles. The summed E-state index contributed by atoms with van der Waals surface area (Å²) in [6, 6.07) is 23.7. The van der Waals surface area contributed by atoms with Crippen LogP contribution in [0.1, 0.15) is 60.8 Å². The average Bonchev–Trinajstić information content (AvgIpc) is 3.07. The molecule has 46 heavy (non-hydrogen) atoms. The van der Waals surface area contributed by atoms with E-state index in [1.807, 2.05) is 54.6 Å². The molecule has 4 N–H and O–H groups in total. The van der Waals surface area contributed by atoms with Crippen molar-refractivity contribution in [3.63, 3.8) is 0 Å². The lowest BCUT2D eigenvalue weighted by Crippen LogP contribution is -2.32. The van der Waals surface area contributed by atoms with E-state index in [1.54, 1.807) is 12.1 Å². The van der Waals surface area contributed by atoms with E-state index in [1.165, 1.54) is 12.1 Å². The van der Waals surface area contributed by atoms with Crippen molar-refractivity contribution in [1.82, 2.24) is 15.2 Å². The lowest BCUT2D eigenvalue weighted by Gasteiger charge is -2.29. The number of hydrogen-bond acceptors (Lipinski definition) is 8. The van der Waals surface area contributed by atoms with E-state index in [4.69, 9.17) is 9.47 Å². The minimum atomic E-state index is -0.782. The number of H-pyrrole nitrogens is 1. The van der Waals surface area contributed by atoms with Crippen LogP contribution in [0.4, 0.5) is 0 Å². The molecule has 1 unspecified atom stereocenters. The highest BCUT2D eigenvalue weighted by molar-refractivity contribution is 5.87. The SMILES string of the molecule is CN1CCC(COC(=O)C(c2ccccc2)c2cccc(OCCCCCNC[C@H](O)c3ccc(O)c4[nH]c(=O)ccc34)c2)CC1. The summed E-state index contributed by atoms with van der Waals surface area (Å²) >= 11 is 0. The number of carbonyl (C=O) groups excluding carboxylic acids is 1. The summed E-state index contributed by atoms with van der Waals surface area (Å²) in [6.45, 7) is 4.17. The number of aliphatic hydroxyl groups excluding tert-OH is 1. The fourth-order valence-corrected chi connectivity index (χ4v) is 6.02. The van der Waals surface area contributed by atoms with Gasteiger partial charge >= 0.3 is 5.97 Å². The Morgan fingerprint density at radius 3 is 2.57 bits per heavy atom. The summed E-state index contributed by atoms with van der Waals surface area (Å²) in [5.41, 5.74) is 2.42. The Hall–Kier alpha value is -4.18. The molecule has 9 heteroatoms. The number of likely N-dealkylation sites (tertiary alicyclic amines) is 1. The number of rotatable bonds is 15. The Morgan fingerprint density at radius 1 is 0.978 bits per heavy atom. The number of phenols is 1. The molecule has 0 saturated carbocycles. The van der Waals surface area contributed by atoms with E-state index < -0.39 is 12.0 Å². The number of benzene rings is 3. The number of unbranched alkanes of at least 4 members (excludes halogenated alkanes) is 2. The molecule has 3 aromatic carbocycles. The smallest absolute Gasteiger partial charge is 0.317 e. The van der Waals surface area contributed by atoms with Crippen LogP contribution in [0.2, 0.25) is 0 Å². The van der Waals surface area contributed by atoms with Crippen molar-refractivity contribution >= 4 is 16.9 Å². The van der Waals surface area contributed by atoms with Crippen molar-refractivity contribution < 1.29 is 24.5 Å². The third-order valence-corrected chi connectivity index (χ3v) is 8.73. The van der Waals surface area contributed by atoms with Gasteiger partial charge in [-0.3, -0.25) is 9.59 Å². The minimum absolute atomic E-state index is 0.0255. The highest BCUT2D eigenvalue weighted by Crippen LogP contribution is 2.30. The van der Waals surface area contributed by atoms with Crippen molar-refractivity contribution in [3.8, 4) is 11.5 Å². The molecule has 1 aliphatic rings. The number of aromatic amines is 1. The molecular weight excluding hydrogens is 582 g/mol. The van der Waals surface area contributed by atoms with Crippen molar-refractivity contribution in [2.24, 2.45) is 5.92 Å². The highest BCUT2D eigenvalue weighted by atomic mass is 16.5. The lowest BCUT2D eigenvalue weighted by molar-refractivity contribution is -0.146. The molecular formula is C37H45N3O6. The van der Waals surface area contributed by atoms with Gasteiger partial charge < -0.3 is 34.9 Å². The molecule has 0 radical (unpaired) electrons. The van der Waals surface area contributed by atoms with Crippen LogP contribution in [0.25, 0.3) is 10.9 Å². The van der Waals surface area contributed by atoms with Crippen LogP contribution in [0.5, 0.6) is 11.5 Å². The predicted octanol–water partition coefficient (Wildman–Crippen LogP) is 5.12. The number of esters is 1. The number of carbonyl (C=O) groups is 1. The van der Waals surface area contributed by atoms with Gasteiger partial charge in [-0.05, 0) is 106 Å². The molecule has 0 bridgehead atoms. The fourth-order valence-electron chi connectivity index (χ4n) is 6.02. The topological polar surface area (TPSA) is 124 Å². The monoisotopic (exact) mass is 627 g/mol. The zero-order chi connectivity index (χ0) is 32.3. The van der Waals surface area contributed by atoms with Gasteiger partial charge in [0.15, 0.2) is 0 Å². The molecule has 4 aromatic rings. The molecule has 1 saturated heterocycles.